The minimum absolute atomic E-state index is 0.0553. The highest BCUT2D eigenvalue weighted by atomic mass is 16.2. The Labute approximate surface area is 95.0 Å². The fourth-order valence-corrected chi connectivity index (χ4v) is 1.86. The zero-order chi connectivity index (χ0) is 11.4. The number of hydrazone groups is 1. The van der Waals surface area contributed by atoms with E-state index >= 15 is 0 Å². The van der Waals surface area contributed by atoms with Gasteiger partial charge < -0.3 is 0 Å². The second-order valence-corrected chi connectivity index (χ2v) is 3.87. The molecule has 84 valence electrons. The van der Waals surface area contributed by atoms with Crippen molar-refractivity contribution in [2.24, 2.45) is 5.10 Å². The minimum Gasteiger partial charge on any atom is -0.267 e. The number of amides is 1. The summed E-state index contributed by atoms with van der Waals surface area (Å²) < 4.78 is 0. The number of carbonyl (C=O) groups is 1. The van der Waals surface area contributed by atoms with Crippen LogP contribution < -0.4 is 0 Å². The third-order valence-corrected chi connectivity index (χ3v) is 2.67. The average Bonchev–Trinajstić information content (AvgIpc) is 2.78. The summed E-state index contributed by atoms with van der Waals surface area (Å²) >= 11 is 0. The van der Waals surface area contributed by atoms with E-state index in [1.807, 2.05) is 6.21 Å². The van der Waals surface area contributed by atoms with Crippen molar-refractivity contribution in [2.45, 2.75) is 32.2 Å². The number of hydrogen-bond acceptors (Lipinski definition) is 3. The van der Waals surface area contributed by atoms with Gasteiger partial charge in [-0.15, -0.1) is 0 Å². The van der Waals surface area contributed by atoms with E-state index < -0.39 is 0 Å². The lowest BCUT2D eigenvalue weighted by molar-refractivity contribution is 0.0704. The van der Waals surface area contributed by atoms with Crippen LogP contribution in [0.1, 0.15) is 36.5 Å². The summed E-state index contributed by atoms with van der Waals surface area (Å²) in [5, 5.41) is 5.73. The van der Waals surface area contributed by atoms with Crippen LogP contribution in [0.3, 0.4) is 0 Å². The summed E-state index contributed by atoms with van der Waals surface area (Å²) in [4.78, 5) is 16.1. The molecule has 1 aliphatic rings. The van der Waals surface area contributed by atoms with Gasteiger partial charge in [-0.05, 0) is 18.6 Å². The van der Waals surface area contributed by atoms with Gasteiger partial charge in [0.2, 0.25) is 0 Å². The highest BCUT2D eigenvalue weighted by Gasteiger charge is 2.26. The van der Waals surface area contributed by atoms with Gasteiger partial charge in [-0.1, -0.05) is 13.3 Å². The van der Waals surface area contributed by atoms with Gasteiger partial charge in [-0.25, -0.2) is 5.01 Å². The molecule has 1 aromatic rings. The Kier molecular flexibility index (Phi) is 3.29. The van der Waals surface area contributed by atoms with Crippen molar-refractivity contribution >= 4 is 12.1 Å². The topological polar surface area (TPSA) is 45.6 Å². The second kappa shape index (κ2) is 4.88. The van der Waals surface area contributed by atoms with E-state index in [4.69, 9.17) is 0 Å². The molecule has 0 fully saturated rings. The molecule has 16 heavy (non-hydrogen) atoms. The lowest BCUT2D eigenvalue weighted by Crippen LogP contribution is -2.32. The summed E-state index contributed by atoms with van der Waals surface area (Å²) in [5.41, 5.74) is 0.600. The SMILES string of the molecule is CCCC1CC=NN1C(=O)c1cccnc1. The van der Waals surface area contributed by atoms with Crippen molar-refractivity contribution in [3.63, 3.8) is 0 Å². The molecule has 0 aliphatic carbocycles. The zero-order valence-corrected chi connectivity index (χ0v) is 9.34. The molecule has 1 amide bonds. The number of carbonyl (C=O) groups excluding carboxylic acids is 1. The standard InChI is InChI=1S/C12H15N3O/c1-2-4-11-6-8-14-15(11)12(16)10-5-3-7-13-9-10/h3,5,7-9,11H,2,4,6H2,1H3. The maximum absolute atomic E-state index is 12.1. The first-order valence-electron chi connectivity index (χ1n) is 5.59. The molecule has 0 saturated heterocycles. The second-order valence-electron chi connectivity index (χ2n) is 3.87. The van der Waals surface area contributed by atoms with Gasteiger partial charge in [0, 0.05) is 25.0 Å². The molecule has 0 radical (unpaired) electrons. The molecule has 0 bridgehead atoms. The number of rotatable bonds is 3. The van der Waals surface area contributed by atoms with E-state index in [9.17, 15) is 4.79 Å². The molecule has 1 aliphatic heterocycles. The molecule has 4 nitrogen and oxygen atoms in total. The minimum atomic E-state index is -0.0553. The van der Waals surface area contributed by atoms with Crippen LogP contribution in [0, 0.1) is 0 Å². The van der Waals surface area contributed by atoms with Gasteiger partial charge in [0.15, 0.2) is 0 Å². The van der Waals surface area contributed by atoms with Gasteiger partial charge in [0.25, 0.3) is 5.91 Å². The normalized spacial score (nSPS) is 19.1. The van der Waals surface area contributed by atoms with Crippen LogP contribution in [0.4, 0.5) is 0 Å². The first kappa shape index (κ1) is 10.8. The molecule has 4 heteroatoms. The Hall–Kier alpha value is -1.71. The van der Waals surface area contributed by atoms with Crippen molar-refractivity contribution in [2.75, 3.05) is 0 Å². The van der Waals surface area contributed by atoms with Gasteiger partial charge >= 0.3 is 0 Å². The number of aromatic nitrogens is 1. The highest BCUT2D eigenvalue weighted by molar-refractivity contribution is 5.95. The van der Waals surface area contributed by atoms with E-state index in [2.05, 4.69) is 17.0 Å². The molecule has 0 N–H and O–H groups in total. The monoisotopic (exact) mass is 217 g/mol. The van der Waals surface area contributed by atoms with Gasteiger partial charge in [-0.2, -0.15) is 5.10 Å². The Bertz CT molecular complexity index is 389. The Morgan fingerprint density at radius 1 is 1.62 bits per heavy atom. The first-order chi connectivity index (χ1) is 7.83. The zero-order valence-electron chi connectivity index (χ0n) is 9.34. The van der Waals surface area contributed by atoms with E-state index in [0.29, 0.717) is 5.56 Å². The van der Waals surface area contributed by atoms with Crippen LogP contribution in [0.2, 0.25) is 0 Å². The number of pyridine rings is 1. The van der Waals surface area contributed by atoms with Gasteiger partial charge in [0.1, 0.15) is 0 Å². The maximum Gasteiger partial charge on any atom is 0.275 e. The van der Waals surface area contributed by atoms with Crippen LogP contribution in [-0.2, 0) is 0 Å². The van der Waals surface area contributed by atoms with Crippen molar-refractivity contribution in [3.8, 4) is 0 Å². The Morgan fingerprint density at radius 2 is 2.50 bits per heavy atom. The van der Waals surface area contributed by atoms with Crippen LogP contribution in [-0.4, -0.2) is 28.2 Å². The average molecular weight is 217 g/mol. The molecular formula is C12H15N3O. The molecule has 1 aromatic heterocycles. The van der Waals surface area contributed by atoms with Crippen LogP contribution in [0.5, 0.6) is 0 Å². The number of nitrogens with zero attached hydrogens (tertiary/aromatic N) is 3. The largest absolute Gasteiger partial charge is 0.275 e. The maximum atomic E-state index is 12.1. The quantitative estimate of drug-likeness (QED) is 0.778. The molecule has 0 saturated carbocycles. The summed E-state index contributed by atoms with van der Waals surface area (Å²) in [7, 11) is 0. The van der Waals surface area contributed by atoms with Crippen LogP contribution >= 0.6 is 0 Å². The fourth-order valence-electron chi connectivity index (χ4n) is 1.86. The molecule has 0 spiro atoms. The summed E-state index contributed by atoms with van der Waals surface area (Å²) in [5.74, 6) is -0.0553. The summed E-state index contributed by atoms with van der Waals surface area (Å²) in [6, 6.07) is 3.76. The molecule has 1 unspecified atom stereocenters. The summed E-state index contributed by atoms with van der Waals surface area (Å²) in [6.45, 7) is 2.12. The third-order valence-electron chi connectivity index (χ3n) is 2.67. The molecule has 2 heterocycles. The van der Waals surface area contributed by atoms with Gasteiger partial charge in [0.05, 0.1) is 11.6 Å². The molecular weight excluding hydrogens is 202 g/mol. The highest BCUT2D eigenvalue weighted by Crippen LogP contribution is 2.18. The number of hydrogen-bond donors (Lipinski definition) is 0. The third kappa shape index (κ3) is 2.10. The predicted molar refractivity (Wildman–Crippen MR) is 62.2 cm³/mol. The molecule has 1 atom stereocenters. The van der Waals surface area contributed by atoms with Crippen LogP contribution in [0.25, 0.3) is 0 Å². The molecule has 2 rings (SSSR count). The van der Waals surface area contributed by atoms with Crippen molar-refractivity contribution < 1.29 is 4.79 Å². The lowest BCUT2D eigenvalue weighted by atomic mass is 10.1. The van der Waals surface area contributed by atoms with Crippen LogP contribution in [0.15, 0.2) is 29.6 Å². The smallest absolute Gasteiger partial charge is 0.267 e. The van der Waals surface area contributed by atoms with Gasteiger partial charge in [-0.3, -0.25) is 9.78 Å². The molecule has 0 aromatic carbocycles. The predicted octanol–water partition coefficient (Wildman–Crippen LogP) is 2.08. The fraction of sp³-hybridized carbons (Fsp3) is 0.417. The van der Waals surface area contributed by atoms with E-state index in [-0.39, 0.29) is 11.9 Å². The Morgan fingerprint density at radius 3 is 3.19 bits per heavy atom. The van der Waals surface area contributed by atoms with E-state index in [0.717, 1.165) is 19.3 Å². The van der Waals surface area contributed by atoms with E-state index in [1.54, 1.807) is 29.5 Å². The summed E-state index contributed by atoms with van der Waals surface area (Å²) in [6.07, 6.45) is 7.97. The first-order valence-corrected chi connectivity index (χ1v) is 5.59. The Balaban J connectivity index is 2.12. The van der Waals surface area contributed by atoms with Crippen molar-refractivity contribution in [1.82, 2.24) is 9.99 Å². The van der Waals surface area contributed by atoms with Crippen molar-refractivity contribution in [1.29, 1.82) is 0 Å². The lowest BCUT2D eigenvalue weighted by Gasteiger charge is -2.21. The van der Waals surface area contributed by atoms with Crippen molar-refractivity contribution in [3.05, 3.63) is 30.1 Å². The van der Waals surface area contributed by atoms with E-state index in [1.165, 1.54) is 0 Å².